The molecule has 1 nitrogen and oxygen atoms in total. The van der Waals surface area contributed by atoms with Crippen molar-refractivity contribution in [2.75, 3.05) is 0 Å². The Labute approximate surface area is 95.7 Å². The first-order chi connectivity index (χ1) is 6.79. The van der Waals surface area contributed by atoms with E-state index in [-0.39, 0.29) is 6.04 Å². The minimum Gasteiger partial charge on any atom is -0.320 e. The van der Waals surface area contributed by atoms with Crippen molar-refractivity contribution in [3.05, 3.63) is 56.7 Å². The van der Waals surface area contributed by atoms with Crippen LogP contribution in [0.1, 0.15) is 16.5 Å². The van der Waals surface area contributed by atoms with Crippen LogP contribution in [0.5, 0.6) is 0 Å². The summed E-state index contributed by atoms with van der Waals surface area (Å²) < 4.78 is 1.07. The molecule has 1 heterocycles. The lowest BCUT2D eigenvalue weighted by Gasteiger charge is -2.11. The van der Waals surface area contributed by atoms with Crippen LogP contribution in [-0.4, -0.2) is 0 Å². The van der Waals surface area contributed by atoms with Gasteiger partial charge in [-0.1, -0.05) is 40.2 Å². The van der Waals surface area contributed by atoms with E-state index in [1.165, 1.54) is 4.88 Å². The summed E-state index contributed by atoms with van der Waals surface area (Å²) in [6.45, 7) is 0. The Bertz CT molecular complexity index is 411. The molecule has 0 aliphatic heterocycles. The Morgan fingerprint density at radius 1 is 1.14 bits per heavy atom. The average molecular weight is 268 g/mol. The molecule has 0 fully saturated rings. The number of hydrogen-bond donors (Lipinski definition) is 1. The lowest BCUT2D eigenvalue weighted by Crippen LogP contribution is -2.10. The molecule has 0 bridgehead atoms. The van der Waals surface area contributed by atoms with Crippen LogP contribution in [0.4, 0.5) is 0 Å². The summed E-state index contributed by atoms with van der Waals surface area (Å²) in [6, 6.07) is 12.1. The van der Waals surface area contributed by atoms with Gasteiger partial charge in [0.15, 0.2) is 0 Å². The second kappa shape index (κ2) is 4.26. The lowest BCUT2D eigenvalue weighted by atomic mass is 10.1. The minimum absolute atomic E-state index is 0.0226. The van der Waals surface area contributed by atoms with Crippen molar-refractivity contribution in [3.8, 4) is 0 Å². The smallest absolute Gasteiger partial charge is 0.0657 e. The lowest BCUT2D eigenvalue weighted by molar-refractivity contribution is 0.887. The zero-order valence-corrected chi connectivity index (χ0v) is 9.88. The summed E-state index contributed by atoms with van der Waals surface area (Å²) in [7, 11) is 0. The molecule has 1 aromatic carbocycles. The van der Waals surface area contributed by atoms with Crippen molar-refractivity contribution in [2.24, 2.45) is 5.73 Å². The molecule has 14 heavy (non-hydrogen) atoms. The zero-order valence-electron chi connectivity index (χ0n) is 7.48. The Morgan fingerprint density at radius 3 is 2.57 bits per heavy atom. The molecule has 0 aliphatic rings. The summed E-state index contributed by atoms with van der Waals surface area (Å²) in [5.74, 6) is 0. The Balaban J connectivity index is 2.37. The van der Waals surface area contributed by atoms with Gasteiger partial charge in [-0.15, -0.1) is 11.3 Å². The third kappa shape index (κ3) is 1.90. The van der Waals surface area contributed by atoms with Gasteiger partial charge in [0.05, 0.1) is 6.04 Å². The maximum absolute atomic E-state index is 6.14. The first kappa shape index (κ1) is 9.90. The van der Waals surface area contributed by atoms with E-state index in [4.69, 9.17) is 5.73 Å². The highest BCUT2D eigenvalue weighted by molar-refractivity contribution is 9.10. The van der Waals surface area contributed by atoms with E-state index < -0.39 is 0 Å². The first-order valence-corrected chi connectivity index (χ1v) is 5.99. The third-order valence-corrected chi connectivity index (χ3v) is 3.77. The van der Waals surface area contributed by atoms with Crippen molar-refractivity contribution in [2.45, 2.75) is 6.04 Å². The molecule has 0 amide bonds. The average Bonchev–Trinajstić information content (AvgIpc) is 2.70. The summed E-state index contributed by atoms with van der Waals surface area (Å²) in [5, 5.41) is 2.05. The molecule has 0 saturated carbocycles. The fourth-order valence-electron chi connectivity index (χ4n) is 1.35. The molecule has 0 saturated heterocycles. The van der Waals surface area contributed by atoms with Crippen LogP contribution in [0.25, 0.3) is 0 Å². The van der Waals surface area contributed by atoms with Gasteiger partial charge in [-0.05, 0) is 23.1 Å². The molecule has 0 radical (unpaired) electrons. The molecule has 0 aliphatic carbocycles. The van der Waals surface area contributed by atoms with Gasteiger partial charge in [0.2, 0.25) is 0 Å². The third-order valence-electron chi connectivity index (χ3n) is 2.09. The van der Waals surface area contributed by atoms with E-state index in [0.717, 1.165) is 10.0 Å². The Kier molecular flexibility index (Phi) is 3.01. The highest BCUT2D eigenvalue weighted by Gasteiger charge is 2.11. The number of halogens is 1. The largest absolute Gasteiger partial charge is 0.320 e. The van der Waals surface area contributed by atoms with E-state index in [1.807, 2.05) is 29.6 Å². The predicted molar refractivity (Wildman–Crippen MR) is 64.5 cm³/mol. The van der Waals surface area contributed by atoms with Crippen LogP contribution in [0.2, 0.25) is 0 Å². The minimum atomic E-state index is -0.0226. The van der Waals surface area contributed by atoms with Gasteiger partial charge in [0.1, 0.15) is 0 Å². The zero-order chi connectivity index (χ0) is 9.97. The predicted octanol–water partition coefficient (Wildman–Crippen LogP) is 3.56. The molecule has 1 atom stereocenters. The summed E-state index contributed by atoms with van der Waals surface area (Å²) in [5.41, 5.74) is 7.28. The molecule has 2 rings (SSSR count). The number of rotatable bonds is 2. The molecule has 0 spiro atoms. The number of benzene rings is 1. The van der Waals surface area contributed by atoms with E-state index in [2.05, 4.69) is 28.1 Å². The van der Waals surface area contributed by atoms with Crippen molar-refractivity contribution in [1.82, 2.24) is 0 Å². The molecule has 3 heteroatoms. The van der Waals surface area contributed by atoms with Gasteiger partial charge in [-0.25, -0.2) is 0 Å². The van der Waals surface area contributed by atoms with Crippen molar-refractivity contribution < 1.29 is 0 Å². The van der Waals surface area contributed by atoms with Gasteiger partial charge in [-0.2, -0.15) is 0 Å². The molecule has 1 aromatic heterocycles. The van der Waals surface area contributed by atoms with Crippen LogP contribution in [0.3, 0.4) is 0 Å². The summed E-state index contributed by atoms with van der Waals surface area (Å²) in [6.07, 6.45) is 0. The van der Waals surface area contributed by atoms with Crippen LogP contribution in [0, 0.1) is 0 Å². The normalized spacial score (nSPS) is 12.7. The first-order valence-electron chi connectivity index (χ1n) is 4.32. The molecule has 2 aromatic rings. The fourth-order valence-corrected chi connectivity index (χ4v) is 2.63. The topological polar surface area (TPSA) is 26.0 Å². The Morgan fingerprint density at radius 2 is 1.93 bits per heavy atom. The van der Waals surface area contributed by atoms with Gasteiger partial charge < -0.3 is 5.73 Å². The summed E-state index contributed by atoms with van der Waals surface area (Å²) in [4.78, 5) is 1.19. The number of nitrogens with two attached hydrogens (primary N) is 1. The SMILES string of the molecule is N[C@@H](c1cccs1)c1ccccc1Br. The second-order valence-corrected chi connectivity index (χ2v) is 4.85. The van der Waals surface area contributed by atoms with Crippen LogP contribution in [-0.2, 0) is 0 Å². The van der Waals surface area contributed by atoms with Crippen molar-refractivity contribution >= 4 is 27.3 Å². The monoisotopic (exact) mass is 267 g/mol. The quantitative estimate of drug-likeness (QED) is 0.885. The highest BCUT2D eigenvalue weighted by Crippen LogP contribution is 2.28. The van der Waals surface area contributed by atoms with E-state index in [9.17, 15) is 0 Å². The van der Waals surface area contributed by atoms with E-state index in [1.54, 1.807) is 11.3 Å². The fraction of sp³-hybridized carbons (Fsp3) is 0.0909. The number of thiophene rings is 1. The van der Waals surface area contributed by atoms with Gasteiger partial charge >= 0.3 is 0 Å². The maximum atomic E-state index is 6.14. The van der Waals surface area contributed by atoms with Gasteiger partial charge in [0, 0.05) is 9.35 Å². The number of hydrogen-bond acceptors (Lipinski definition) is 2. The van der Waals surface area contributed by atoms with E-state index >= 15 is 0 Å². The van der Waals surface area contributed by atoms with Crippen LogP contribution in [0.15, 0.2) is 46.3 Å². The van der Waals surface area contributed by atoms with Gasteiger partial charge in [-0.3, -0.25) is 0 Å². The van der Waals surface area contributed by atoms with Crippen LogP contribution < -0.4 is 5.73 Å². The molecule has 72 valence electrons. The molecular weight excluding hydrogens is 258 g/mol. The van der Waals surface area contributed by atoms with Crippen molar-refractivity contribution in [1.29, 1.82) is 0 Å². The Hall–Kier alpha value is -0.640. The molecule has 2 N–H and O–H groups in total. The highest BCUT2D eigenvalue weighted by atomic mass is 79.9. The van der Waals surface area contributed by atoms with Crippen LogP contribution >= 0.6 is 27.3 Å². The van der Waals surface area contributed by atoms with E-state index in [0.29, 0.717) is 0 Å². The van der Waals surface area contributed by atoms with Gasteiger partial charge in [0.25, 0.3) is 0 Å². The standard InChI is InChI=1S/C11H10BrNS/c12-9-5-2-1-4-8(9)11(13)10-6-3-7-14-10/h1-7,11H,13H2/t11-/m1/s1. The molecule has 0 unspecified atom stereocenters. The van der Waals surface area contributed by atoms with Crippen molar-refractivity contribution in [3.63, 3.8) is 0 Å². The maximum Gasteiger partial charge on any atom is 0.0657 e. The molecular formula is C11H10BrNS. The summed E-state index contributed by atoms with van der Waals surface area (Å²) >= 11 is 5.20. The second-order valence-electron chi connectivity index (χ2n) is 3.01.